The molecule has 1 saturated heterocycles. The van der Waals surface area contributed by atoms with E-state index in [-0.39, 0.29) is 11.9 Å². The molecule has 0 aromatic heterocycles. The Bertz CT molecular complexity index is 572. The molecule has 0 radical (unpaired) electrons. The van der Waals surface area contributed by atoms with Crippen molar-refractivity contribution < 1.29 is 24.2 Å². The molecule has 22 heavy (non-hydrogen) atoms. The van der Waals surface area contributed by atoms with Crippen molar-refractivity contribution in [1.82, 2.24) is 4.90 Å². The van der Waals surface area contributed by atoms with Crippen molar-refractivity contribution in [1.29, 1.82) is 0 Å². The molecule has 1 N–H and O–H groups in total. The van der Waals surface area contributed by atoms with Crippen molar-refractivity contribution in [2.24, 2.45) is 5.92 Å². The maximum absolute atomic E-state index is 12.6. The normalized spacial score (nSPS) is 20.8. The van der Waals surface area contributed by atoms with Gasteiger partial charge >= 0.3 is 5.97 Å². The van der Waals surface area contributed by atoms with Gasteiger partial charge in [-0.3, -0.25) is 9.59 Å². The number of likely N-dealkylation sites (tertiary alicyclic amines) is 1. The molecular formula is C16H21NO5. The Morgan fingerprint density at radius 2 is 2.09 bits per heavy atom. The summed E-state index contributed by atoms with van der Waals surface area (Å²) in [6.45, 7) is 4.60. The monoisotopic (exact) mass is 307 g/mol. The van der Waals surface area contributed by atoms with Gasteiger partial charge in [0.15, 0.2) is 11.5 Å². The highest BCUT2D eigenvalue weighted by atomic mass is 16.5. The Balaban J connectivity index is 2.21. The van der Waals surface area contributed by atoms with E-state index >= 15 is 0 Å². The highest BCUT2D eigenvalue weighted by Gasteiger charge is 2.38. The molecule has 2 unspecified atom stereocenters. The van der Waals surface area contributed by atoms with E-state index in [2.05, 4.69) is 0 Å². The van der Waals surface area contributed by atoms with Crippen molar-refractivity contribution in [3.63, 3.8) is 0 Å². The van der Waals surface area contributed by atoms with Crippen molar-refractivity contribution in [3.05, 3.63) is 23.8 Å². The van der Waals surface area contributed by atoms with Gasteiger partial charge in [0.25, 0.3) is 5.91 Å². The molecular weight excluding hydrogens is 286 g/mol. The number of methoxy groups -OCH3 is 1. The Hall–Kier alpha value is -2.24. The first kappa shape index (κ1) is 16.1. The first-order valence-corrected chi connectivity index (χ1v) is 7.34. The van der Waals surface area contributed by atoms with E-state index in [4.69, 9.17) is 14.6 Å². The van der Waals surface area contributed by atoms with Crippen LogP contribution in [0, 0.1) is 5.92 Å². The van der Waals surface area contributed by atoms with E-state index in [1.807, 2.05) is 6.92 Å². The van der Waals surface area contributed by atoms with Crippen LogP contribution in [-0.4, -0.2) is 48.2 Å². The summed E-state index contributed by atoms with van der Waals surface area (Å²) in [6.07, 6.45) is 0.483. The van der Waals surface area contributed by atoms with Crippen LogP contribution in [-0.2, 0) is 4.79 Å². The molecule has 0 aliphatic carbocycles. The third-order valence-corrected chi connectivity index (χ3v) is 4.04. The molecule has 0 saturated carbocycles. The number of hydrogen-bond acceptors (Lipinski definition) is 4. The minimum absolute atomic E-state index is 0.183. The molecule has 2 atom stereocenters. The SMILES string of the molecule is CCOc1ccc(C(=O)N2CCC(C(=O)O)C2C)cc1OC. The summed E-state index contributed by atoms with van der Waals surface area (Å²) >= 11 is 0. The van der Waals surface area contributed by atoms with Crippen LogP contribution in [0.15, 0.2) is 18.2 Å². The molecule has 1 aromatic rings. The lowest BCUT2D eigenvalue weighted by atomic mass is 10.0. The fourth-order valence-electron chi connectivity index (χ4n) is 2.80. The maximum atomic E-state index is 12.6. The number of benzene rings is 1. The summed E-state index contributed by atoms with van der Waals surface area (Å²) in [6, 6.07) is 4.69. The number of carboxylic acids is 1. The van der Waals surface area contributed by atoms with Gasteiger partial charge in [0.05, 0.1) is 19.6 Å². The summed E-state index contributed by atoms with van der Waals surface area (Å²) in [5.41, 5.74) is 0.471. The quantitative estimate of drug-likeness (QED) is 0.900. The standard InChI is InChI=1S/C16H21NO5/c1-4-22-13-6-5-11(9-14(13)21-3)15(18)17-8-7-12(10(17)2)16(19)20/h5-6,9-10,12H,4,7-8H2,1-3H3,(H,19,20). The summed E-state index contributed by atoms with van der Waals surface area (Å²) in [7, 11) is 1.52. The Morgan fingerprint density at radius 1 is 1.36 bits per heavy atom. The van der Waals surface area contributed by atoms with Gasteiger partial charge in [0.2, 0.25) is 0 Å². The van der Waals surface area contributed by atoms with E-state index in [1.165, 1.54) is 7.11 Å². The van der Waals surface area contributed by atoms with Gasteiger partial charge in [-0.05, 0) is 38.5 Å². The fraction of sp³-hybridized carbons (Fsp3) is 0.500. The lowest BCUT2D eigenvalue weighted by molar-refractivity contribution is -0.142. The Kier molecular flexibility index (Phi) is 4.90. The highest BCUT2D eigenvalue weighted by Crippen LogP contribution is 2.31. The molecule has 1 amide bonds. The number of carbonyl (C=O) groups is 2. The average Bonchev–Trinajstić information content (AvgIpc) is 2.89. The van der Waals surface area contributed by atoms with Gasteiger partial charge in [-0.2, -0.15) is 0 Å². The lowest BCUT2D eigenvalue weighted by Crippen LogP contribution is -2.37. The van der Waals surface area contributed by atoms with Gasteiger partial charge in [-0.25, -0.2) is 0 Å². The molecule has 6 heteroatoms. The third-order valence-electron chi connectivity index (χ3n) is 4.04. The molecule has 1 heterocycles. The largest absolute Gasteiger partial charge is 0.493 e. The van der Waals surface area contributed by atoms with Gasteiger partial charge in [-0.15, -0.1) is 0 Å². The minimum Gasteiger partial charge on any atom is -0.493 e. The van der Waals surface area contributed by atoms with Crippen LogP contribution >= 0.6 is 0 Å². The molecule has 0 bridgehead atoms. The van der Waals surface area contributed by atoms with E-state index in [0.717, 1.165) is 0 Å². The predicted octanol–water partition coefficient (Wildman–Crippen LogP) is 2.03. The summed E-state index contributed by atoms with van der Waals surface area (Å²) in [5.74, 6) is -0.466. The first-order valence-electron chi connectivity index (χ1n) is 7.34. The van der Waals surface area contributed by atoms with Crippen LogP contribution in [0.4, 0.5) is 0 Å². The van der Waals surface area contributed by atoms with Gasteiger partial charge < -0.3 is 19.5 Å². The predicted molar refractivity (Wildman–Crippen MR) is 80.4 cm³/mol. The summed E-state index contributed by atoms with van der Waals surface area (Å²) < 4.78 is 10.7. The van der Waals surface area contributed by atoms with Crippen molar-refractivity contribution in [2.45, 2.75) is 26.3 Å². The Labute approximate surface area is 129 Å². The molecule has 6 nitrogen and oxygen atoms in total. The number of rotatable bonds is 5. The van der Waals surface area contributed by atoms with Gasteiger partial charge in [0, 0.05) is 18.2 Å². The van der Waals surface area contributed by atoms with Gasteiger partial charge in [0.1, 0.15) is 0 Å². The molecule has 0 spiro atoms. The van der Waals surface area contributed by atoms with Crippen LogP contribution in [0.5, 0.6) is 11.5 Å². The zero-order valence-electron chi connectivity index (χ0n) is 13.0. The smallest absolute Gasteiger partial charge is 0.308 e. The number of ether oxygens (including phenoxy) is 2. The van der Waals surface area contributed by atoms with Crippen LogP contribution in [0.2, 0.25) is 0 Å². The third kappa shape index (κ3) is 3.00. The second-order valence-corrected chi connectivity index (χ2v) is 5.27. The molecule has 120 valence electrons. The fourth-order valence-corrected chi connectivity index (χ4v) is 2.80. The zero-order chi connectivity index (χ0) is 16.3. The number of nitrogens with zero attached hydrogens (tertiary/aromatic N) is 1. The molecule has 1 aliphatic rings. The molecule has 1 aliphatic heterocycles. The second kappa shape index (κ2) is 6.68. The van der Waals surface area contributed by atoms with E-state index in [1.54, 1.807) is 30.0 Å². The topological polar surface area (TPSA) is 76.1 Å². The number of carbonyl (C=O) groups excluding carboxylic acids is 1. The van der Waals surface area contributed by atoms with Crippen LogP contribution in [0.25, 0.3) is 0 Å². The average molecular weight is 307 g/mol. The van der Waals surface area contributed by atoms with Crippen LogP contribution in [0.1, 0.15) is 30.6 Å². The van der Waals surface area contributed by atoms with E-state index in [0.29, 0.717) is 36.6 Å². The maximum Gasteiger partial charge on any atom is 0.308 e. The second-order valence-electron chi connectivity index (χ2n) is 5.27. The lowest BCUT2D eigenvalue weighted by Gasteiger charge is -2.23. The number of hydrogen-bond donors (Lipinski definition) is 1. The van der Waals surface area contributed by atoms with Gasteiger partial charge in [-0.1, -0.05) is 0 Å². The van der Waals surface area contributed by atoms with Crippen molar-refractivity contribution in [2.75, 3.05) is 20.3 Å². The van der Waals surface area contributed by atoms with E-state index in [9.17, 15) is 9.59 Å². The number of carboxylic acid groups (broad SMARTS) is 1. The molecule has 1 fully saturated rings. The van der Waals surface area contributed by atoms with Crippen molar-refractivity contribution in [3.8, 4) is 11.5 Å². The number of amides is 1. The number of aliphatic carboxylic acids is 1. The first-order chi connectivity index (χ1) is 10.5. The summed E-state index contributed by atoms with van der Waals surface area (Å²) in [5, 5.41) is 9.16. The molecule has 1 aromatic carbocycles. The molecule has 2 rings (SSSR count). The van der Waals surface area contributed by atoms with Crippen molar-refractivity contribution >= 4 is 11.9 Å². The zero-order valence-corrected chi connectivity index (χ0v) is 13.0. The Morgan fingerprint density at radius 3 is 2.64 bits per heavy atom. The van der Waals surface area contributed by atoms with Crippen LogP contribution in [0.3, 0.4) is 0 Å². The highest BCUT2D eigenvalue weighted by molar-refractivity contribution is 5.95. The van der Waals surface area contributed by atoms with E-state index < -0.39 is 11.9 Å². The minimum atomic E-state index is -0.855. The summed E-state index contributed by atoms with van der Waals surface area (Å²) in [4.78, 5) is 25.4. The van der Waals surface area contributed by atoms with Crippen LogP contribution < -0.4 is 9.47 Å².